The summed E-state index contributed by atoms with van der Waals surface area (Å²) in [7, 11) is -2.82. The van der Waals surface area contributed by atoms with Crippen molar-refractivity contribution in [3.63, 3.8) is 0 Å². The lowest BCUT2D eigenvalue weighted by atomic mass is 10.2. The van der Waals surface area contributed by atoms with Gasteiger partial charge in [0.2, 0.25) is 10.0 Å². The first-order chi connectivity index (χ1) is 9.73. The predicted molar refractivity (Wildman–Crippen MR) is 77.6 cm³/mol. The summed E-state index contributed by atoms with van der Waals surface area (Å²) >= 11 is 3.04. The van der Waals surface area contributed by atoms with E-state index in [1.54, 1.807) is 6.92 Å². The first kappa shape index (κ1) is 17.6. The van der Waals surface area contributed by atoms with Crippen LogP contribution in [0.25, 0.3) is 0 Å². The lowest BCUT2D eigenvalue weighted by Crippen LogP contribution is -2.36. The van der Waals surface area contributed by atoms with Crippen molar-refractivity contribution < 1.29 is 27.9 Å². The summed E-state index contributed by atoms with van der Waals surface area (Å²) in [5, 5.41) is 9.02. The van der Waals surface area contributed by atoms with Gasteiger partial charge < -0.3 is 9.84 Å². The van der Waals surface area contributed by atoms with E-state index in [1.165, 1.54) is 12.1 Å². The zero-order valence-electron chi connectivity index (χ0n) is 11.4. The van der Waals surface area contributed by atoms with Gasteiger partial charge in [0.1, 0.15) is 6.54 Å². The lowest BCUT2D eigenvalue weighted by Gasteiger charge is -2.19. The topological polar surface area (TPSA) is 101 Å². The maximum absolute atomic E-state index is 12.4. The number of methoxy groups -OCH3 is 1. The van der Waals surface area contributed by atoms with E-state index in [4.69, 9.17) is 5.11 Å². The summed E-state index contributed by atoms with van der Waals surface area (Å²) in [4.78, 5) is 22.1. The van der Waals surface area contributed by atoms with E-state index in [0.29, 0.717) is 0 Å². The minimum atomic E-state index is -3.98. The summed E-state index contributed by atoms with van der Waals surface area (Å²) in [5.41, 5.74) is -0.176. The number of esters is 1. The lowest BCUT2D eigenvalue weighted by molar-refractivity contribution is -0.140. The van der Waals surface area contributed by atoms with Gasteiger partial charge in [-0.3, -0.25) is 4.79 Å². The van der Waals surface area contributed by atoms with Gasteiger partial charge in [-0.05, 0) is 34.1 Å². The fourth-order valence-electron chi connectivity index (χ4n) is 1.55. The minimum Gasteiger partial charge on any atom is -0.478 e. The molecule has 116 valence electrons. The third-order valence-electron chi connectivity index (χ3n) is 2.69. The van der Waals surface area contributed by atoms with E-state index in [9.17, 15) is 18.0 Å². The Balaban J connectivity index is 3.26. The second-order valence-electron chi connectivity index (χ2n) is 3.95. The van der Waals surface area contributed by atoms with Crippen molar-refractivity contribution in [2.75, 3.05) is 20.2 Å². The van der Waals surface area contributed by atoms with Crippen molar-refractivity contribution in [1.29, 1.82) is 0 Å². The summed E-state index contributed by atoms with van der Waals surface area (Å²) < 4.78 is 30.4. The fourth-order valence-corrected chi connectivity index (χ4v) is 3.39. The van der Waals surface area contributed by atoms with Crippen molar-refractivity contribution in [3.05, 3.63) is 28.2 Å². The molecule has 0 spiro atoms. The fraction of sp³-hybridized carbons (Fsp3) is 0.333. The number of halogens is 1. The Bertz CT molecular complexity index is 658. The van der Waals surface area contributed by atoms with Gasteiger partial charge in [0.05, 0.1) is 17.6 Å². The Hall–Kier alpha value is -1.45. The van der Waals surface area contributed by atoms with Gasteiger partial charge in [-0.2, -0.15) is 4.31 Å². The summed E-state index contributed by atoms with van der Waals surface area (Å²) in [6.07, 6.45) is 0. The molecule has 0 saturated heterocycles. The first-order valence-electron chi connectivity index (χ1n) is 5.83. The highest BCUT2D eigenvalue weighted by Crippen LogP contribution is 2.23. The van der Waals surface area contributed by atoms with E-state index < -0.39 is 28.5 Å². The molecule has 0 heterocycles. The molecule has 1 aromatic rings. The molecule has 9 heteroatoms. The SMILES string of the molecule is CCN(CC(=O)OC)S(=O)(=O)c1ccc(Br)c(C(=O)O)c1. The highest BCUT2D eigenvalue weighted by molar-refractivity contribution is 9.10. The molecule has 1 N–H and O–H groups in total. The van der Waals surface area contributed by atoms with Gasteiger partial charge in [-0.1, -0.05) is 6.92 Å². The molecular weight excluding hydrogens is 366 g/mol. The molecular formula is C12H14BrNO6S. The molecule has 0 aromatic heterocycles. The van der Waals surface area contributed by atoms with E-state index >= 15 is 0 Å². The van der Waals surface area contributed by atoms with Crippen LogP contribution in [0.5, 0.6) is 0 Å². The molecule has 0 saturated carbocycles. The summed E-state index contributed by atoms with van der Waals surface area (Å²) in [6, 6.07) is 3.65. The van der Waals surface area contributed by atoms with Crippen LogP contribution >= 0.6 is 15.9 Å². The molecule has 0 aliphatic heterocycles. The number of rotatable bonds is 6. The second kappa shape index (κ2) is 7.01. The quantitative estimate of drug-likeness (QED) is 0.748. The molecule has 0 amide bonds. The van der Waals surface area contributed by atoms with Gasteiger partial charge in [0.15, 0.2) is 0 Å². The highest BCUT2D eigenvalue weighted by atomic mass is 79.9. The molecule has 1 aromatic carbocycles. The van der Waals surface area contributed by atoms with E-state index in [0.717, 1.165) is 17.5 Å². The van der Waals surface area contributed by atoms with Crippen LogP contribution in [0.4, 0.5) is 0 Å². The molecule has 0 unspecified atom stereocenters. The normalized spacial score (nSPS) is 11.4. The monoisotopic (exact) mass is 379 g/mol. The minimum absolute atomic E-state index is 0.0515. The molecule has 7 nitrogen and oxygen atoms in total. The van der Waals surface area contributed by atoms with Gasteiger partial charge >= 0.3 is 11.9 Å². The third-order valence-corrected chi connectivity index (χ3v) is 5.30. The number of carboxylic acids is 1. The Morgan fingerprint density at radius 3 is 2.48 bits per heavy atom. The number of carboxylic acid groups (broad SMARTS) is 1. The van der Waals surface area contributed by atoms with E-state index in [2.05, 4.69) is 20.7 Å². The number of likely N-dealkylation sites (N-methyl/N-ethyl adjacent to an activating group) is 1. The van der Waals surface area contributed by atoms with Crippen molar-refractivity contribution >= 4 is 37.9 Å². The molecule has 0 atom stereocenters. The van der Waals surface area contributed by atoms with Gasteiger partial charge in [-0.15, -0.1) is 0 Å². The van der Waals surface area contributed by atoms with Gasteiger partial charge in [0.25, 0.3) is 0 Å². The molecule has 1 rings (SSSR count). The molecule has 0 bridgehead atoms. The van der Waals surface area contributed by atoms with Crippen LogP contribution in [-0.2, 0) is 19.6 Å². The predicted octanol–water partition coefficient (Wildman–Crippen LogP) is 1.33. The molecule has 0 aliphatic rings. The van der Waals surface area contributed by atoms with E-state index in [1.807, 2.05) is 0 Å². The molecule has 21 heavy (non-hydrogen) atoms. The van der Waals surface area contributed by atoms with Crippen molar-refractivity contribution in [2.45, 2.75) is 11.8 Å². The van der Waals surface area contributed by atoms with Crippen LogP contribution in [0, 0.1) is 0 Å². The maximum Gasteiger partial charge on any atom is 0.336 e. The van der Waals surface area contributed by atoms with Crippen molar-refractivity contribution in [1.82, 2.24) is 4.31 Å². The van der Waals surface area contributed by atoms with Crippen molar-refractivity contribution in [2.24, 2.45) is 0 Å². The zero-order chi connectivity index (χ0) is 16.2. The number of carbonyl (C=O) groups excluding carboxylic acids is 1. The van der Waals surface area contributed by atoms with Crippen LogP contribution in [-0.4, -0.2) is 50.0 Å². The molecule has 0 aliphatic carbocycles. The first-order valence-corrected chi connectivity index (χ1v) is 8.07. The van der Waals surface area contributed by atoms with Gasteiger partial charge in [0, 0.05) is 11.0 Å². The summed E-state index contributed by atoms with van der Waals surface area (Å²) in [6.45, 7) is 1.18. The second-order valence-corrected chi connectivity index (χ2v) is 6.75. The van der Waals surface area contributed by atoms with E-state index in [-0.39, 0.29) is 21.5 Å². The average molecular weight is 380 g/mol. The Labute approximate surface area is 130 Å². The smallest absolute Gasteiger partial charge is 0.336 e. The van der Waals surface area contributed by atoms with Crippen LogP contribution < -0.4 is 0 Å². The van der Waals surface area contributed by atoms with Crippen molar-refractivity contribution in [3.8, 4) is 0 Å². The number of nitrogens with zero attached hydrogens (tertiary/aromatic N) is 1. The van der Waals surface area contributed by atoms with Crippen LogP contribution in [0.15, 0.2) is 27.6 Å². The number of ether oxygens (including phenoxy) is 1. The number of hydrogen-bond acceptors (Lipinski definition) is 5. The standard InChI is InChI=1S/C12H14BrNO6S/c1-3-14(7-11(15)20-2)21(18,19)8-4-5-10(13)9(6-8)12(16)17/h4-6H,3,7H2,1-2H3,(H,16,17). The van der Waals surface area contributed by atoms with Crippen LogP contribution in [0.1, 0.15) is 17.3 Å². The number of benzene rings is 1. The number of hydrogen-bond donors (Lipinski definition) is 1. The number of aromatic carboxylic acids is 1. The van der Waals surface area contributed by atoms with Gasteiger partial charge in [-0.25, -0.2) is 13.2 Å². The zero-order valence-corrected chi connectivity index (χ0v) is 13.8. The summed E-state index contributed by atoms with van der Waals surface area (Å²) in [5.74, 6) is -1.95. The molecule has 0 fully saturated rings. The highest BCUT2D eigenvalue weighted by Gasteiger charge is 2.27. The Morgan fingerprint density at radius 1 is 1.38 bits per heavy atom. The third kappa shape index (κ3) is 4.02. The maximum atomic E-state index is 12.4. The molecule has 0 radical (unpaired) electrons. The largest absolute Gasteiger partial charge is 0.478 e. The van der Waals surface area contributed by atoms with Crippen LogP contribution in [0.3, 0.4) is 0 Å². The van der Waals surface area contributed by atoms with Crippen LogP contribution in [0.2, 0.25) is 0 Å². The number of carbonyl (C=O) groups is 2. The Morgan fingerprint density at radius 2 is 2.00 bits per heavy atom. The number of sulfonamides is 1. The Kier molecular flexibility index (Phi) is 5.87. The average Bonchev–Trinajstić information content (AvgIpc) is 2.43.